The lowest BCUT2D eigenvalue weighted by atomic mass is 10.2. The van der Waals surface area contributed by atoms with Crippen LogP contribution in [0.1, 0.15) is 52.9 Å². The summed E-state index contributed by atoms with van der Waals surface area (Å²) in [5, 5.41) is 0. The average molecular weight is 292 g/mol. The van der Waals surface area contributed by atoms with Gasteiger partial charge in [-0.1, -0.05) is 46.5 Å². The van der Waals surface area contributed by atoms with E-state index in [4.69, 9.17) is 13.3 Å². The van der Waals surface area contributed by atoms with E-state index >= 15 is 0 Å². The van der Waals surface area contributed by atoms with E-state index in [0.717, 1.165) is 25.6 Å². The van der Waals surface area contributed by atoms with Crippen LogP contribution in [0.25, 0.3) is 0 Å². The smallest absolute Gasteiger partial charge is 0.377 e. The van der Waals surface area contributed by atoms with Crippen LogP contribution >= 0.6 is 0 Å². The largest absolute Gasteiger partial charge is 0.501 e. The zero-order valence-corrected chi connectivity index (χ0v) is 14.5. The molecule has 0 aromatic carbocycles. The van der Waals surface area contributed by atoms with Crippen molar-refractivity contribution in [2.45, 2.75) is 58.9 Å². The lowest BCUT2D eigenvalue weighted by Gasteiger charge is -2.29. The summed E-state index contributed by atoms with van der Waals surface area (Å²) in [6, 6.07) is 0.882. The van der Waals surface area contributed by atoms with Crippen molar-refractivity contribution in [2.75, 3.05) is 34.0 Å². The fourth-order valence-corrected chi connectivity index (χ4v) is 4.00. The molecule has 4 nitrogen and oxygen atoms in total. The predicted molar refractivity (Wildman–Crippen MR) is 82.2 cm³/mol. The van der Waals surface area contributed by atoms with Crippen LogP contribution in [-0.4, -0.2) is 47.7 Å². The van der Waals surface area contributed by atoms with Gasteiger partial charge in [0, 0.05) is 26.8 Å². The molecule has 0 spiro atoms. The van der Waals surface area contributed by atoms with Gasteiger partial charge in [0.05, 0.1) is 6.73 Å². The predicted octanol–water partition coefficient (Wildman–Crippen LogP) is 3.50. The molecule has 0 rings (SSSR count). The molecule has 0 radical (unpaired) electrons. The Hall–Kier alpha value is 0.0569. The zero-order valence-electron chi connectivity index (χ0n) is 13.5. The first-order valence-corrected chi connectivity index (χ1v) is 9.57. The highest BCUT2D eigenvalue weighted by atomic mass is 28.4. The average Bonchev–Trinajstić information content (AvgIpc) is 2.45. The Labute approximate surface area is 120 Å². The topological polar surface area (TPSA) is 30.9 Å². The second-order valence-electron chi connectivity index (χ2n) is 4.89. The number of hydrogen-bond acceptors (Lipinski definition) is 4. The molecule has 19 heavy (non-hydrogen) atoms. The lowest BCUT2D eigenvalue weighted by Crippen LogP contribution is -2.46. The van der Waals surface area contributed by atoms with E-state index in [1.165, 1.54) is 25.7 Å². The first-order valence-electron chi connectivity index (χ1n) is 7.64. The fraction of sp³-hybridized carbons (Fsp3) is 1.00. The van der Waals surface area contributed by atoms with E-state index < -0.39 is 8.80 Å². The fourth-order valence-electron chi connectivity index (χ4n) is 2.05. The van der Waals surface area contributed by atoms with E-state index in [-0.39, 0.29) is 0 Å². The highest BCUT2D eigenvalue weighted by Gasteiger charge is 2.38. The Kier molecular flexibility index (Phi) is 11.9. The van der Waals surface area contributed by atoms with Crippen LogP contribution in [0.5, 0.6) is 0 Å². The number of hydrogen-bond donors (Lipinski definition) is 0. The van der Waals surface area contributed by atoms with E-state index in [9.17, 15) is 0 Å². The van der Waals surface area contributed by atoms with Crippen LogP contribution in [0.15, 0.2) is 0 Å². The Morgan fingerprint density at radius 2 is 1.58 bits per heavy atom. The molecule has 0 amide bonds. The zero-order chi connectivity index (χ0) is 14.6. The van der Waals surface area contributed by atoms with Gasteiger partial charge in [-0.2, -0.15) is 0 Å². The second kappa shape index (κ2) is 11.8. The third-order valence-corrected chi connectivity index (χ3v) is 6.35. The van der Waals surface area contributed by atoms with Crippen molar-refractivity contribution in [3.8, 4) is 0 Å². The van der Waals surface area contributed by atoms with Gasteiger partial charge < -0.3 is 13.3 Å². The molecule has 0 N–H and O–H groups in total. The van der Waals surface area contributed by atoms with E-state index in [1.807, 2.05) is 0 Å². The molecule has 0 saturated heterocycles. The van der Waals surface area contributed by atoms with Gasteiger partial charge in [0.1, 0.15) is 0 Å². The molecule has 0 aliphatic rings. The van der Waals surface area contributed by atoms with Crippen molar-refractivity contribution >= 4 is 8.80 Å². The molecular weight excluding hydrogens is 258 g/mol. The van der Waals surface area contributed by atoms with E-state index in [0.29, 0.717) is 6.73 Å². The van der Waals surface area contributed by atoms with Crippen molar-refractivity contribution in [3.63, 3.8) is 0 Å². The van der Waals surface area contributed by atoms with Gasteiger partial charge in [-0.15, -0.1) is 0 Å². The Bertz CT molecular complexity index is 201. The molecule has 0 aromatic rings. The van der Waals surface area contributed by atoms with Gasteiger partial charge in [-0.3, -0.25) is 4.90 Å². The molecule has 0 atom stereocenters. The van der Waals surface area contributed by atoms with Crippen molar-refractivity contribution in [1.29, 1.82) is 0 Å². The van der Waals surface area contributed by atoms with Crippen LogP contribution < -0.4 is 0 Å². The van der Waals surface area contributed by atoms with Crippen molar-refractivity contribution < 1.29 is 13.3 Å². The summed E-state index contributed by atoms with van der Waals surface area (Å²) in [7, 11) is 0.976. The molecule has 0 heterocycles. The monoisotopic (exact) mass is 291 g/mol. The number of rotatable bonds is 13. The lowest BCUT2D eigenvalue weighted by molar-refractivity contribution is 0.0383. The van der Waals surface area contributed by atoms with Crippen molar-refractivity contribution in [2.24, 2.45) is 0 Å². The normalized spacial score (nSPS) is 12.3. The second-order valence-corrected chi connectivity index (χ2v) is 7.86. The quantitative estimate of drug-likeness (QED) is 0.295. The molecule has 0 aromatic heterocycles. The summed E-state index contributed by atoms with van der Waals surface area (Å²) < 4.78 is 17.1. The molecule has 0 bridgehead atoms. The maximum absolute atomic E-state index is 6.00. The maximum Gasteiger partial charge on any atom is 0.501 e. The van der Waals surface area contributed by atoms with Gasteiger partial charge in [0.25, 0.3) is 0 Å². The maximum atomic E-state index is 6.00. The van der Waals surface area contributed by atoms with Crippen LogP contribution in [-0.2, 0) is 13.3 Å². The summed E-state index contributed by atoms with van der Waals surface area (Å²) in [6.07, 6.45) is 6.18. The first-order chi connectivity index (χ1) is 9.17. The van der Waals surface area contributed by atoms with Gasteiger partial charge in [-0.05, 0) is 13.0 Å². The molecule has 0 aliphatic heterocycles. The van der Waals surface area contributed by atoms with Crippen LogP contribution in [0.2, 0.25) is 6.04 Å². The summed E-state index contributed by atoms with van der Waals surface area (Å²) >= 11 is 0. The SMILES string of the molecule is CCCCCCN(CC)CO[Si](CCC)(OC)OC. The van der Waals surface area contributed by atoms with Gasteiger partial charge in [0.2, 0.25) is 0 Å². The number of unbranched alkanes of at least 4 members (excludes halogenated alkanes) is 3. The minimum atomic E-state index is -2.42. The Morgan fingerprint density at radius 1 is 0.895 bits per heavy atom. The first kappa shape index (κ1) is 19.1. The van der Waals surface area contributed by atoms with Crippen molar-refractivity contribution in [3.05, 3.63) is 0 Å². The minimum absolute atomic E-state index is 0.622. The van der Waals surface area contributed by atoms with Crippen molar-refractivity contribution in [1.82, 2.24) is 4.90 Å². The third kappa shape index (κ3) is 8.04. The van der Waals surface area contributed by atoms with E-state index in [2.05, 4.69) is 25.7 Å². The summed E-state index contributed by atoms with van der Waals surface area (Å²) in [4.78, 5) is 2.32. The molecular formula is C14H33NO3Si. The van der Waals surface area contributed by atoms with Gasteiger partial charge >= 0.3 is 8.80 Å². The summed E-state index contributed by atoms with van der Waals surface area (Å²) in [5.41, 5.74) is 0. The molecule has 5 heteroatoms. The molecule has 0 fully saturated rings. The van der Waals surface area contributed by atoms with Gasteiger partial charge in [-0.25, -0.2) is 0 Å². The third-order valence-electron chi connectivity index (χ3n) is 3.42. The van der Waals surface area contributed by atoms with Crippen LogP contribution in [0.3, 0.4) is 0 Å². The minimum Gasteiger partial charge on any atom is -0.377 e. The van der Waals surface area contributed by atoms with E-state index in [1.54, 1.807) is 14.2 Å². The summed E-state index contributed by atoms with van der Waals surface area (Å²) in [5.74, 6) is 0. The number of nitrogens with zero attached hydrogens (tertiary/aromatic N) is 1. The highest BCUT2D eigenvalue weighted by Crippen LogP contribution is 2.16. The molecule has 0 aliphatic carbocycles. The van der Waals surface area contributed by atoms with Gasteiger partial charge in [0.15, 0.2) is 0 Å². The highest BCUT2D eigenvalue weighted by molar-refractivity contribution is 6.60. The van der Waals surface area contributed by atoms with Crippen LogP contribution in [0, 0.1) is 0 Å². The standard InChI is InChI=1S/C14H33NO3Si/c1-6-9-10-11-12-15(8-3)14-18-19(16-4,17-5)13-7-2/h6-14H2,1-5H3. The Balaban J connectivity index is 4.07. The van der Waals surface area contributed by atoms with Crippen LogP contribution in [0.4, 0.5) is 0 Å². The molecule has 116 valence electrons. The Morgan fingerprint density at radius 3 is 2.05 bits per heavy atom. The molecule has 0 unspecified atom stereocenters. The summed E-state index contributed by atoms with van der Waals surface area (Å²) in [6.45, 7) is 9.27. The molecule has 0 saturated carbocycles.